The molecule has 1 aromatic rings. The Bertz CT molecular complexity index is 743. The Labute approximate surface area is 186 Å². The molecular formula is C25H38N2O4. The van der Waals surface area contributed by atoms with Crippen molar-refractivity contribution in [1.82, 2.24) is 4.90 Å². The molecule has 0 radical (unpaired) electrons. The number of carbonyl (C=O) groups is 2. The number of nitrogens with zero attached hydrogens (tertiary/aromatic N) is 1. The van der Waals surface area contributed by atoms with Crippen LogP contribution in [0.4, 0.5) is 4.79 Å². The van der Waals surface area contributed by atoms with Gasteiger partial charge in [-0.1, -0.05) is 44.2 Å². The third kappa shape index (κ3) is 6.78. The van der Waals surface area contributed by atoms with Crippen LogP contribution in [0, 0.1) is 11.3 Å². The molecule has 3 rings (SSSR count). The standard InChI is InChI=1S/C25H38N2O4/c1-27(2)17-20-9-4-5-12-22(20)19-10-8-11-21(15-19)30-24(29)31-23(28)16-25(18-26)13-6-3-7-14-25/h8,10-11,15,20,22H,3-7,9,12-14,16-18,26H2,1-2H3. The van der Waals surface area contributed by atoms with Crippen molar-refractivity contribution < 1.29 is 19.1 Å². The molecule has 0 bridgehead atoms. The molecule has 1 aromatic carbocycles. The summed E-state index contributed by atoms with van der Waals surface area (Å²) < 4.78 is 10.3. The summed E-state index contributed by atoms with van der Waals surface area (Å²) in [5.74, 6) is 0.922. The van der Waals surface area contributed by atoms with Crippen LogP contribution in [0.5, 0.6) is 5.75 Å². The van der Waals surface area contributed by atoms with Crippen molar-refractivity contribution in [3.05, 3.63) is 29.8 Å². The minimum Gasteiger partial charge on any atom is -0.395 e. The van der Waals surface area contributed by atoms with Gasteiger partial charge in [0.25, 0.3) is 0 Å². The number of carbonyl (C=O) groups excluding carboxylic acids is 2. The molecule has 0 amide bonds. The van der Waals surface area contributed by atoms with E-state index in [4.69, 9.17) is 15.2 Å². The topological polar surface area (TPSA) is 81.9 Å². The number of benzene rings is 1. The van der Waals surface area contributed by atoms with Gasteiger partial charge in [-0.2, -0.15) is 0 Å². The van der Waals surface area contributed by atoms with Gasteiger partial charge >= 0.3 is 12.1 Å². The van der Waals surface area contributed by atoms with Crippen LogP contribution in [0.1, 0.15) is 75.7 Å². The van der Waals surface area contributed by atoms with Gasteiger partial charge in [-0.25, -0.2) is 4.79 Å². The van der Waals surface area contributed by atoms with E-state index >= 15 is 0 Å². The zero-order valence-corrected chi connectivity index (χ0v) is 19.1. The number of ether oxygens (including phenoxy) is 2. The van der Waals surface area contributed by atoms with Crippen LogP contribution in [-0.2, 0) is 9.53 Å². The molecule has 2 aliphatic carbocycles. The van der Waals surface area contributed by atoms with Gasteiger partial charge in [0, 0.05) is 6.54 Å². The normalized spacial score (nSPS) is 23.4. The summed E-state index contributed by atoms with van der Waals surface area (Å²) in [6.07, 6.45) is 9.19. The van der Waals surface area contributed by atoms with E-state index in [9.17, 15) is 9.59 Å². The van der Waals surface area contributed by atoms with Crippen LogP contribution in [0.3, 0.4) is 0 Å². The molecular weight excluding hydrogens is 392 g/mol. The zero-order valence-electron chi connectivity index (χ0n) is 19.1. The van der Waals surface area contributed by atoms with E-state index in [0.29, 0.717) is 24.1 Å². The smallest absolute Gasteiger partial charge is 0.395 e. The van der Waals surface area contributed by atoms with E-state index in [1.165, 1.54) is 31.2 Å². The van der Waals surface area contributed by atoms with Gasteiger partial charge in [0.1, 0.15) is 5.75 Å². The van der Waals surface area contributed by atoms with Gasteiger partial charge in [0.05, 0.1) is 6.42 Å². The molecule has 2 aliphatic rings. The van der Waals surface area contributed by atoms with Crippen molar-refractivity contribution in [2.24, 2.45) is 17.1 Å². The summed E-state index contributed by atoms with van der Waals surface area (Å²) in [6, 6.07) is 7.68. The maximum Gasteiger partial charge on any atom is 0.521 e. The minimum atomic E-state index is -0.960. The monoisotopic (exact) mass is 430 g/mol. The molecule has 2 N–H and O–H groups in total. The number of esters is 1. The first-order valence-corrected chi connectivity index (χ1v) is 11.8. The Balaban J connectivity index is 1.58. The number of hydrogen-bond donors (Lipinski definition) is 1. The average Bonchev–Trinajstić information content (AvgIpc) is 2.74. The van der Waals surface area contributed by atoms with Crippen LogP contribution in [0.15, 0.2) is 24.3 Å². The predicted octanol–water partition coefficient (Wildman–Crippen LogP) is 4.86. The number of rotatable bonds is 7. The molecule has 2 saturated carbocycles. The first kappa shape index (κ1) is 23.7. The van der Waals surface area contributed by atoms with Crippen LogP contribution in [0.25, 0.3) is 0 Å². The van der Waals surface area contributed by atoms with Gasteiger partial charge in [-0.15, -0.1) is 0 Å². The van der Waals surface area contributed by atoms with Gasteiger partial charge in [0.15, 0.2) is 0 Å². The van der Waals surface area contributed by atoms with E-state index in [1.54, 1.807) is 6.07 Å². The third-order valence-electron chi connectivity index (χ3n) is 7.06. The number of hydrogen-bond acceptors (Lipinski definition) is 6. The minimum absolute atomic E-state index is 0.174. The Morgan fingerprint density at radius 1 is 1.10 bits per heavy atom. The molecule has 0 aromatic heterocycles. The summed E-state index contributed by atoms with van der Waals surface area (Å²) in [5.41, 5.74) is 6.89. The lowest BCUT2D eigenvalue weighted by Gasteiger charge is -2.35. The summed E-state index contributed by atoms with van der Waals surface area (Å²) in [6.45, 7) is 1.49. The predicted molar refractivity (Wildman–Crippen MR) is 121 cm³/mol. The van der Waals surface area contributed by atoms with E-state index in [1.807, 2.05) is 12.1 Å². The van der Waals surface area contributed by atoms with E-state index in [2.05, 4.69) is 25.1 Å². The summed E-state index contributed by atoms with van der Waals surface area (Å²) >= 11 is 0. The van der Waals surface area contributed by atoms with E-state index < -0.39 is 12.1 Å². The lowest BCUT2D eigenvalue weighted by atomic mass is 9.72. The lowest BCUT2D eigenvalue weighted by molar-refractivity contribution is -0.141. The molecule has 0 saturated heterocycles. The molecule has 2 atom stereocenters. The summed E-state index contributed by atoms with van der Waals surface area (Å²) in [7, 11) is 4.22. The Hall–Kier alpha value is -1.92. The van der Waals surface area contributed by atoms with Crippen LogP contribution in [-0.4, -0.2) is 44.2 Å². The highest BCUT2D eigenvalue weighted by Gasteiger charge is 2.34. The number of nitrogens with two attached hydrogens (primary N) is 1. The lowest BCUT2D eigenvalue weighted by Crippen LogP contribution is -2.36. The van der Waals surface area contributed by atoms with Crippen molar-refractivity contribution in [3.63, 3.8) is 0 Å². The van der Waals surface area contributed by atoms with Gasteiger partial charge in [0.2, 0.25) is 0 Å². The summed E-state index contributed by atoms with van der Waals surface area (Å²) in [5, 5.41) is 0. The van der Waals surface area contributed by atoms with Crippen molar-refractivity contribution in [2.75, 3.05) is 27.2 Å². The molecule has 31 heavy (non-hydrogen) atoms. The Morgan fingerprint density at radius 2 is 1.84 bits per heavy atom. The Morgan fingerprint density at radius 3 is 2.55 bits per heavy atom. The second kappa shape index (κ2) is 11.1. The largest absolute Gasteiger partial charge is 0.521 e. The Kier molecular flexibility index (Phi) is 8.50. The van der Waals surface area contributed by atoms with Crippen molar-refractivity contribution in [3.8, 4) is 5.75 Å². The fraction of sp³-hybridized carbons (Fsp3) is 0.680. The van der Waals surface area contributed by atoms with E-state index in [0.717, 1.165) is 38.6 Å². The molecule has 0 spiro atoms. The highest BCUT2D eigenvalue weighted by Crippen LogP contribution is 2.40. The highest BCUT2D eigenvalue weighted by molar-refractivity contribution is 5.83. The SMILES string of the molecule is CN(C)CC1CCCCC1c1cccc(OC(=O)OC(=O)CC2(CN)CCCCC2)c1. The molecule has 6 nitrogen and oxygen atoms in total. The molecule has 0 heterocycles. The molecule has 0 aliphatic heterocycles. The van der Waals surface area contributed by atoms with Gasteiger partial charge in [-0.05, 0) is 81.3 Å². The second-order valence-corrected chi connectivity index (χ2v) is 9.75. The van der Waals surface area contributed by atoms with Gasteiger partial charge in [-0.3, -0.25) is 4.79 Å². The summed E-state index contributed by atoms with van der Waals surface area (Å²) in [4.78, 5) is 26.8. The molecule has 6 heteroatoms. The third-order valence-corrected chi connectivity index (χ3v) is 7.06. The molecule has 2 unspecified atom stereocenters. The van der Waals surface area contributed by atoms with E-state index in [-0.39, 0.29) is 11.8 Å². The maximum atomic E-state index is 12.4. The van der Waals surface area contributed by atoms with Crippen LogP contribution < -0.4 is 10.5 Å². The molecule has 2 fully saturated rings. The quantitative estimate of drug-likeness (QED) is 0.378. The van der Waals surface area contributed by atoms with Gasteiger partial charge < -0.3 is 20.1 Å². The zero-order chi connectivity index (χ0) is 22.3. The average molecular weight is 431 g/mol. The fourth-order valence-corrected chi connectivity index (χ4v) is 5.45. The highest BCUT2D eigenvalue weighted by atomic mass is 16.7. The van der Waals surface area contributed by atoms with Crippen molar-refractivity contribution in [2.45, 2.75) is 70.1 Å². The fourth-order valence-electron chi connectivity index (χ4n) is 5.45. The van der Waals surface area contributed by atoms with Crippen LogP contribution in [0.2, 0.25) is 0 Å². The van der Waals surface area contributed by atoms with Crippen LogP contribution >= 0.6 is 0 Å². The van der Waals surface area contributed by atoms with Crippen molar-refractivity contribution in [1.29, 1.82) is 0 Å². The second-order valence-electron chi connectivity index (χ2n) is 9.75. The first-order valence-electron chi connectivity index (χ1n) is 11.8. The maximum absolute atomic E-state index is 12.4. The first-order chi connectivity index (χ1) is 14.9. The molecule has 172 valence electrons. The van der Waals surface area contributed by atoms with Crippen molar-refractivity contribution >= 4 is 12.1 Å².